The Morgan fingerprint density at radius 1 is 1.16 bits per heavy atom. The quantitative estimate of drug-likeness (QED) is 0.422. The first-order valence-electron chi connectivity index (χ1n) is 10.3. The normalized spacial score (nSPS) is 15.8. The van der Waals surface area contributed by atoms with Gasteiger partial charge in [-0.1, -0.05) is 20.8 Å². The van der Waals surface area contributed by atoms with Gasteiger partial charge in [0.05, 0.1) is 40.2 Å². The zero-order valence-corrected chi connectivity index (χ0v) is 20.6. The van der Waals surface area contributed by atoms with E-state index in [1.807, 2.05) is 13.8 Å². The summed E-state index contributed by atoms with van der Waals surface area (Å²) in [4.78, 5) is 19.3. The van der Waals surface area contributed by atoms with Crippen molar-refractivity contribution < 1.29 is 26.7 Å². The van der Waals surface area contributed by atoms with Crippen molar-refractivity contribution in [3.63, 3.8) is 0 Å². The van der Waals surface area contributed by atoms with Crippen molar-refractivity contribution in [3.05, 3.63) is 24.5 Å². The van der Waals surface area contributed by atoms with Gasteiger partial charge in [-0.05, 0) is 31.0 Å². The first kappa shape index (κ1) is 26.2. The lowest BCUT2D eigenvalue weighted by atomic mass is 10.1. The summed E-state index contributed by atoms with van der Waals surface area (Å²) >= 11 is 0. The molecule has 0 fully saturated rings. The van der Waals surface area contributed by atoms with Crippen molar-refractivity contribution in [2.75, 3.05) is 25.1 Å². The number of amides is 1. The summed E-state index contributed by atoms with van der Waals surface area (Å²) in [5.41, 5.74) is 1.22. The number of benzene rings is 1. The van der Waals surface area contributed by atoms with Crippen molar-refractivity contribution in [1.82, 2.24) is 19.6 Å². The standard InChI is InChI=1S/C20H32N4O6S2/c1-13(2)9-24(32(29,30)16-6-7-17-18(8-16)22-12-21-17)10-19(25)15(4)23-20(26)14(3)11-31(5,27)28/h6-8,12-15,19,25H,9-11H2,1-5H3,(H,21,22)(H,23,26)/t14-,15+,19-/m1/s1. The smallest absolute Gasteiger partial charge is 0.243 e. The van der Waals surface area contributed by atoms with Crippen LogP contribution in [0.1, 0.15) is 27.7 Å². The second kappa shape index (κ2) is 10.3. The van der Waals surface area contributed by atoms with Crippen LogP contribution in [-0.2, 0) is 24.7 Å². The van der Waals surface area contributed by atoms with Crippen LogP contribution >= 0.6 is 0 Å². The van der Waals surface area contributed by atoms with Crippen LogP contribution in [0, 0.1) is 11.8 Å². The molecule has 1 aromatic heterocycles. The highest BCUT2D eigenvalue weighted by molar-refractivity contribution is 7.90. The number of nitrogens with zero attached hydrogens (tertiary/aromatic N) is 2. The number of sulfonamides is 1. The molecule has 0 aliphatic heterocycles. The predicted molar refractivity (Wildman–Crippen MR) is 122 cm³/mol. The third kappa shape index (κ3) is 6.99. The summed E-state index contributed by atoms with van der Waals surface area (Å²) in [6.45, 7) is 6.70. The Balaban J connectivity index is 2.17. The summed E-state index contributed by atoms with van der Waals surface area (Å²) in [5, 5.41) is 13.2. The van der Waals surface area contributed by atoms with Crippen LogP contribution in [-0.4, -0.2) is 79.4 Å². The Hall–Kier alpha value is -2.02. The summed E-state index contributed by atoms with van der Waals surface area (Å²) < 4.78 is 50.6. The van der Waals surface area contributed by atoms with Crippen molar-refractivity contribution in [3.8, 4) is 0 Å². The lowest BCUT2D eigenvalue weighted by Gasteiger charge is -2.29. The SMILES string of the molecule is CC(C)CN(C[C@@H](O)[C@H](C)NC(=O)[C@H](C)CS(C)(=O)=O)S(=O)(=O)c1ccc2nc[nH]c2c1. The van der Waals surface area contributed by atoms with Crippen LogP contribution in [0.4, 0.5) is 0 Å². The molecule has 3 atom stereocenters. The Morgan fingerprint density at radius 3 is 2.41 bits per heavy atom. The molecular weight excluding hydrogens is 456 g/mol. The number of rotatable bonds is 11. The number of hydrogen-bond donors (Lipinski definition) is 3. The molecular formula is C20H32N4O6S2. The molecule has 2 aromatic rings. The lowest BCUT2D eigenvalue weighted by Crippen LogP contribution is -2.50. The highest BCUT2D eigenvalue weighted by atomic mass is 32.2. The van der Waals surface area contributed by atoms with Crippen LogP contribution in [0.3, 0.4) is 0 Å². The van der Waals surface area contributed by atoms with E-state index in [2.05, 4.69) is 15.3 Å². The number of aromatic nitrogens is 2. The Labute approximate surface area is 189 Å². The van der Waals surface area contributed by atoms with E-state index in [9.17, 15) is 26.7 Å². The molecule has 180 valence electrons. The van der Waals surface area contributed by atoms with Crippen molar-refractivity contribution in [2.24, 2.45) is 11.8 Å². The maximum Gasteiger partial charge on any atom is 0.243 e. The largest absolute Gasteiger partial charge is 0.390 e. The monoisotopic (exact) mass is 488 g/mol. The fourth-order valence-electron chi connectivity index (χ4n) is 3.26. The predicted octanol–water partition coefficient (Wildman–Crippen LogP) is 0.756. The second-order valence-corrected chi connectivity index (χ2v) is 12.8. The van der Waals surface area contributed by atoms with Gasteiger partial charge in [0.15, 0.2) is 0 Å². The van der Waals surface area contributed by atoms with Gasteiger partial charge in [0.1, 0.15) is 9.84 Å². The number of carbonyl (C=O) groups is 1. The van der Waals surface area contributed by atoms with E-state index in [4.69, 9.17) is 0 Å². The third-order valence-corrected chi connectivity index (χ3v) is 7.87. The summed E-state index contributed by atoms with van der Waals surface area (Å²) in [6.07, 6.45) is 1.32. The van der Waals surface area contributed by atoms with Crippen LogP contribution in [0.15, 0.2) is 29.4 Å². The molecule has 2 rings (SSSR count). The molecule has 1 amide bonds. The first-order chi connectivity index (χ1) is 14.7. The minimum Gasteiger partial charge on any atom is -0.390 e. The minimum atomic E-state index is -3.93. The van der Waals surface area contributed by atoms with Crippen LogP contribution < -0.4 is 5.32 Å². The van der Waals surface area contributed by atoms with E-state index >= 15 is 0 Å². The van der Waals surface area contributed by atoms with Crippen molar-refractivity contribution in [2.45, 2.75) is 44.7 Å². The lowest BCUT2D eigenvalue weighted by molar-refractivity contribution is -0.125. The highest BCUT2D eigenvalue weighted by Gasteiger charge is 2.30. The van der Waals surface area contributed by atoms with Gasteiger partial charge in [-0.3, -0.25) is 4.79 Å². The number of fused-ring (bicyclic) bond motifs is 1. The van der Waals surface area contributed by atoms with Crippen molar-refractivity contribution in [1.29, 1.82) is 0 Å². The van der Waals surface area contributed by atoms with Gasteiger partial charge >= 0.3 is 0 Å². The number of aliphatic hydroxyl groups excluding tert-OH is 1. The maximum absolute atomic E-state index is 13.3. The Kier molecular flexibility index (Phi) is 8.43. The number of H-pyrrole nitrogens is 1. The number of nitrogens with one attached hydrogen (secondary N) is 2. The van der Waals surface area contributed by atoms with E-state index in [0.29, 0.717) is 11.0 Å². The Morgan fingerprint density at radius 2 is 1.81 bits per heavy atom. The molecule has 0 bridgehead atoms. The maximum atomic E-state index is 13.3. The van der Waals surface area contributed by atoms with Gasteiger partial charge in [0.25, 0.3) is 0 Å². The fourth-order valence-corrected chi connectivity index (χ4v) is 5.97. The molecule has 0 saturated carbocycles. The summed E-state index contributed by atoms with van der Waals surface area (Å²) in [5.74, 6) is -1.64. The molecule has 1 heterocycles. The average molecular weight is 489 g/mol. The zero-order chi connectivity index (χ0) is 24.3. The molecule has 0 aliphatic carbocycles. The highest BCUT2D eigenvalue weighted by Crippen LogP contribution is 2.21. The molecule has 3 N–H and O–H groups in total. The fraction of sp³-hybridized carbons (Fsp3) is 0.600. The zero-order valence-electron chi connectivity index (χ0n) is 18.9. The Bertz CT molecular complexity index is 1140. The van der Waals surface area contributed by atoms with E-state index in [1.54, 1.807) is 13.0 Å². The summed E-state index contributed by atoms with van der Waals surface area (Å²) in [6, 6.07) is 3.78. The molecule has 12 heteroatoms. The molecule has 32 heavy (non-hydrogen) atoms. The molecule has 0 spiro atoms. The second-order valence-electron chi connectivity index (χ2n) is 8.66. The van der Waals surface area contributed by atoms with Crippen LogP contribution in [0.25, 0.3) is 11.0 Å². The molecule has 0 aliphatic rings. The van der Waals surface area contributed by atoms with Gasteiger partial charge < -0.3 is 15.4 Å². The van der Waals surface area contributed by atoms with Crippen LogP contribution in [0.5, 0.6) is 0 Å². The van der Waals surface area contributed by atoms with Gasteiger partial charge in [-0.15, -0.1) is 0 Å². The molecule has 10 nitrogen and oxygen atoms in total. The number of hydrogen-bond acceptors (Lipinski definition) is 7. The van der Waals surface area contributed by atoms with E-state index < -0.39 is 43.8 Å². The van der Waals surface area contributed by atoms with E-state index in [0.717, 1.165) is 6.26 Å². The number of imidazole rings is 1. The minimum absolute atomic E-state index is 0.00691. The van der Waals surface area contributed by atoms with Crippen LogP contribution in [0.2, 0.25) is 0 Å². The number of sulfone groups is 1. The van der Waals surface area contributed by atoms with Gasteiger partial charge in [-0.25, -0.2) is 21.8 Å². The van der Waals surface area contributed by atoms with Gasteiger partial charge in [0, 0.05) is 25.3 Å². The number of aliphatic hydroxyl groups is 1. The van der Waals surface area contributed by atoms with Crippen molar-refractivity contribution >= 4 is 36.8 Å². The molecule has 0 radical (unpaired) electrons. The number of carbonyl (C=O) groups excluding carboxylic acids is 1. The molecule has 0 unspecified atom stereocenters. The van der Waals surface area contributed by atoms with Gasteiger partial charge in [-0.2, -0.15) is 4.31 Å². The average Bonchev–Trinajstić information content (AvgIpc) is 3.13. The number of aromatic amines is 1. The molecule has 0 saturated heterocycles. The van der Waals surface area contributed by atoms with Gasteiger partial charge in [0.2, 0.25) is 15.9 Å². The van der Waals surface area contributed by atoms with E-state index in [-0.39, 0.29) is 29.7 Å². The van der Waals surface area contributed by atoms with E-state index in [1.165, 1.54) is 29.7 Å². The summed E-state index contributed by atoms with van der Waals surface area (Å²) in [7, 11) is -7.27. The topological polar surface area (TPSA) is 150 Å². The molecule has 1 aromatic carbocycles. The first-order valence-corrected chi connectivity index (χ1v) is 13.8. The third-order valence-electron chi connectivity index (χ3n) is 4.94.